The van der Waals surface area contributed by atoms with Crippen molar-refractivity contribution >= 4 is 32.1 Å². The van der Waals surface area contributed by atoms with Crippen LogP contribution in [0.5, 0.6) is 0 Å². The van der Waals surface area contributed by atoms with Crippen molar-refractivity contribution in [1.82, 2.24) is 15.0 Å². The third-order valence-electron chi connectivity index (χ3n) is 4.27. The lowest BCUT2D eigenvalue weighted by Gasteiger charge is -2.23. The maximum absolute atomic E-state index is 12.8. The van der Waals surface area contributed by atoms with E-state index in [2.05, 4.69) is 15.0 Å². The number of aliphatic hydroxyl groups excluding tert-OH is 1. The van der Waals surface area contributed by atoms with E-state index in [0.29, 0.717) is 28.0 Å². The van der Waals surface area contributed by atoms with E-state index in [1.54, 1.807) is 49.0 Å². The molecule has 144 valence electrons. The molecular formula is C20H17N3O3S2-2. The third-order valence-corrected chi connectivity index (χ3v) is 6.99. The smallest absolute Gasteiger partial charge is 0.249 e. The second-order valence-electron chi connectivity index (χ2n) is 6.26. The Kier molecular flexibility index (Phi) is 4.92. The molecule has 1 aromatic carbocycles. The van der Waals surface area contributed by atoms with Gasteiger partial charge >= 0.3 is 0 Å². The van der Waals surface area contributed by atoms with Crippen LogP contribution >= 0.6 is 11.3 Å². The topological polar surface area (TPSA) is 93.0 Å². The van der Waals surface area contributed by atoms with E-state index in [0.717, 1.165) is 5.56 Å². The minimum absolute atomic E-state index is 0.0331. The van der Waals surface area contributed by atoms with E-state index >= 15 is 0 Å². The van der Waals surface area contributed by atoms with Gasteiger partial charge in [0, 0.05) is 17.0 Å². The van der Waals surface area contributed by atoms with Gasteiger partial charge in [-0.25, -0.2) is 8.42 Å². The van der Waals surface area contributed by atoms with E-state index in [-0.39, 0.29) is 22.4 Å². The Morgan fingerprint density at radius 3 is 2.86 bits per heavy atom. The molecule has 4 rings (SSSR count). The van der Waals surface area contributed by atoms with Crippen LogP contribution in [0.2, 0.25) is 0 Å². The normalized spacial score (nSPS) is 11.8. The second-order valence-corrected chi connectivity index (χ2v) is 9.14. The zero-order valence-corrected chi connectivity index (χ0v) is 16.7. The molecule has 0 bridgehead atoms. The van der Waals surface area contributed by atoms with Crippen LogP contribution in [-0.4, -0.2) is 34.2 Å². The molecule has 3 heterocycles. The summed E-state index contributed by atoms with van der Waals surface area (Å²) in [6.45, 7) is 1.80. The number of fused-ring (bicyclic) bond motifs is 1. The van der Waals surface area contributed by atoms with Gasteiger partial charge in [-0.3, -0.25) is 4.98 Å². The first-order valence-electron chi connectivity index (χ1n) is 8.72. The lowest BCUT2D eigenvalue weighted by atomic mass is 10.1. The highest BCUT2D eigenvalue weighted by molar-refractivity contribution is 7.91. The summed E-state index contributed by atoms with van der Waals surface area (Å²) in [5.74, 6) is -0.0331. The van der Waals surface area contributed by atoms with Crippen LogP contribution in [0.15, 0.2) is 59.2 Å². The molecule has 0 unspecified atom stereocenters. The van der Waals surface area contributed by atoms with Crippen molar-refractivity contribution in [2.45, 2.75) is 18.4 Å². The Labute approximate surface area is 166 Å². The summed E-state index contributed by atoms with van der Waals surface area (Å²) in [7, 11) is -3.63. The van der Waals surface area contributed by atoms with Crippen LogP contribution in [0.3, 0.4) is 0 Å². The summed E-state index contributed by atoms with van der Waals surface area (Å²) in [4.78, 5) is 12.9. The van der Waals surface area contributed by atoms with E-state index in [1.165, 1.54) is 11.3 Å². The summed E-state index contributed by atoms with van der Waals surface area (Å²) in [6, 6.07) is 10.8. The van der Waals surface area contributed by atoms with Crippen molar-refractivity contribution in [1.29, 1.82) is 0 Å². The van der Waals surface area contributed by atoms with Crippen LogP contribution in [0.1, 0.15) is 24.6 Å². The van der Waals surface area contributed by atoms with E-state index in [4.69, 9.17) is 0 Å². The molecule has 0 fully saturated rings. The summed E-state index contributed by atoms with van der Waals surface area (Å²) < 4.78 is 25.5. The van der Waals surface area contributed by atoms with Gasteiger partial charge < -0.3 is 15.1 Å². The monoisotopic (exact) mass is 411 g/mol. The van der Waals surface area contributed by atoms with Gasteiger partial charge in [0.15, 0.2) is 11.3 Å². The molecule has 0 saturated carbocycles. The van der Waals surface area contributed by atoms with Crippen molar-refractivity contribution < 1.29 is 13.5 Å². The van der Waals surface area contributed by atoms with Gasteiger partial charge in [-0.1, -0.05) is 24.6 Å². The summed E-state index contributed by atoms with van der Waals surface area (Å²) in [6.07, 6.45) is 3.65. The van der Waals surface area contributed by atoms with Gasteiger partial charge in [-0.05, 0) is 23.9 Å². The number of hydrogen-bond acceptors (Lipinski definition) is 6. The molecule has 1 N–H and O–H groups in total. The van der Waals surface area contributed by atoms with Gasteiger partial charge in [0.25, 0.3) is 0 Å². The number of pyridine rings is 1. The highest BCUT2D eigenvalue weighted by Gasteiger charge is 2.19. The third kappa shape index (κ3) is 3.30. The van der Waals surface area contributed by atoms with Gasteiger partial charge in [0.1, 0.15) is 15.2 Å². The van der Waals surface area contributed by atoms with Gasteiger partial charge in [-0.2, -0.15) is 35.2 Å². The highest BCUT2D eigenvalue weighted by atomic mass is 32.2. The van der Waals surface area contributed by atoms with Crippen molar-refractivity contribution in [3.05, 3.63) is 71.5 Å². The number of aliphatic hydroxyl groups is 1. The number of para-hydroxylation sites is 1. The average Bonchev–Trinajstić information content (AvgIpc) is 3.34. The molecule has 0 aliphatic heterocycles. The Morgan fingerprint density at radius 2 is 2.11 bits per heavy atom. The molecule has 0 saturated heterocycles. The van der Waals surface area contributed by atoms with Gasteiger partial charge in [0.2, 0.25) is 5.01 Å². The van der Waals surface area contributed by atoms with Crippen molar-refractivity contribution in [2.24, 2.45) is 0 Å². The van der Waals surface area contributed by atoms with Crippen LogP contribution in [-0.2, 0) is 9.84 Å². The largest absolute Gasteiger partial charge is 0.439 e. The van der Waals surface area contributed by atoms with Crippen molar-refractivity contribution in [2.75, 3.05) is 5.75 Å². The second kappa shape index (κ2) is 7.38. The van der Waals surface area contributed by atoms with Crippen molar-refractivity contribution in [3.8, 4) is 10.6 Å². The van der Waals surface area contributed by atoms with Crippen LogP contribution in [0, 0.1) is 6.10 Å². The number of sulfone groups is 1. The summed E-state index contributed by atoms with van der Waals surface area (Å²) in [5, 5.41) is 13.9. The predicted molar refractivity (Wildman–Crippen MR) is 108 cm³/mol. The molecule has 4 aromatic rings. The van der Waals surface area contributed by atoms with E-state index in [1.807, 2.05) is 12.1 Å². The Morgan fingerprint density at radius 1 is 1.25 bits per heavy atom. The standard InChI is InChI=1S/C20H17N3O3S2/c1-2-10-28(25,26)20-17(14-7-3-4-8-15(14)23-20)18(24)16-12-27-19(22-16)13-6-5-9-21-11-13/h3-9,11-12,24H,2,10H2,1H3/q-2. The molecule has 28 heavy (non-hydrogen) atoms. The lowest BCUT2D eigenvalue weighted by Crippen LogP contribution is -2.12. The molecule has 0 aliphatic rings. The average molecular weight is 412 g/mol. The molecule has 6 nitrogen and oxygen atoms in total. The number of thiazole rings is 1. The first-order chi connectivity index (χ1) is 13.5. The number of aromatic nitrogens is 3. The van der Waals surface area contributed by atoms with Crippen LogP contribution in [0.25, 0.3) is 21.5 Å². The fraction of sp³-hybridized carbons (Fsp3) is 0.150. The maximum atomic E-state index is 12.8. The summed E-state index contributed by atoms with van der Waals surface area (Å²) >= 11 is 1.36. The van der Waals surface area contributed by atoms with Crippen molar-refractivity contribution in [3.63, 3.8) is 0 Å². The SMILES string of the molecule is CCCS(=O)(=O)c1nc2cccc[c-]2c1[C-](O)c1c[s+][c-](-c2cccnc2)n1. The van der Waals surface area contributed by atoms with Gasteiger partial charge in [0.05, 0.1) is 0 Å². The molecule has 8 heteroatoms. The Hall–Kier alpha value is -2.68. The molecule has 0 aliphatic carbocycles. The number of rotatable bonds is 6. The quantitative estimate of drug-likeness (QED) is 0.381. The van der Waals surface area contributed by atoms with Crippen LogP contribution in [0.4, 0.5) is 0 Å². The molecule has 0 atom stereocenters. The zero-order valence-electron chi connectivity index (χ0n) is 15.0. The zero-order chi connectivity index (χ0) is 19.7. The highest BCUT2D eigenvalue weighted by Crippen LogP contribution is 2.36. The minimum Gasteiger partial charge on any atom is -0.439 e. The first kappa shape index (κ1) is 18.7. The van der Waals surface area contributed by atoms with Crippen LogP contribution < -0.4 is 0 Å². The number of hydrogen-bond donors (Lipinski definition) is 1. The maximum Gasteiger partial charge on any atom is 0.249 e. The van der Waals surface area contributed by atoms with Gasteiger partial charge in [-0.15, -0.1) is 6.07 Å². The Bertz CT molecular complexity index is 1210. The molecule has 0 amide bonds. The lowest BCUT2D eigenvalue weighted by molar-refractivity contribution is 0.351. The molecule has 0 radical (unpaired) electrons. The molecule has 3 aromatic heterocycles. The summed E-state index contributed by atoms with van der Waals surface area (Å²) in [5.41, 5.74) is 1.89. The van der Waals surface area contributed by atoms with E-state index < -0.39 is 9.84 Å². The fourth-order valence-corrected chi connectivity index (χ4v) is 5.30. The molecule has 0 spiro atoms. The first-order valence-corrected chi connectivity index (χ1v) is 11.2. The number of nitrogens with zero attached hydrogens (tertiary/aromatic N) is 3. The number of benzene rings is 1. The van der Waals surface area contributed by atoms with E-state index in [9.17, 15) is 13.5 Å². The Balaban J connectivity index is 1.83. The molecular weight excluding hydrogens is 394 g/mol. The minimum atomic E-state index is -3.63. The fourth-order valence-electron chi connectivity index (χ4n) is 3.01. The predicted octanol–water partition coefficient (Wildman–Crippen LogP) is 3.96.